The fourth-order valence-electron chi connectivity index (χ4n) is 2.99. The summed E-state index contributed by atoms with van der Waals surface area (Å²) in [7, 11) is 0. The Labute approximate surface area is 129 Å². The summed E-state index contributed by atoms with van der Waals surface area (Å²) >= 11 is 0. The zero-order chi connectivity index (χ0) is 14.9. The molecule has 1 aliphatic rings. The monoisotopic (exact) mass is 293 g/mol. The number of hydrogen-bond donors (Lipinski definition) is 1. The van der Waals surface area contributed by atoms with Crippen molar-refractivity contribution < 1.29 is 4.74 Å². The number of nitrogens with two attached hydrogens (primary N) is 1. The van der Waals surface area contributed by atoms with Crippen LogP contribution in [0.25, 0.3) is 0 Å². The third-order valence-corrected chi connectivity index (χ3v) is 4.48. The highest BCUT2D eigenvalue weighted by molar-refractivity contribution is 5.11. The summed E-state index contributed by atoms with van der Waals surface area (Å²) < 4.78 is 7.89. The van der Waals surface area contributed by atoms with E-state index in [1.807, 2.05) is 17.1 Å². The van der Waals surface area contributed by atoms with Gasteiger partial charge in [0.25, 0.3) is 0 Å². The van der Waals surface area contributed by atoms with E-state index < -0.39 is 0 Å². The predicted molar refractivity (Wildman–Crippen MR) is 86.4 cm³/mol. The van der Waals surface area contributed by atoms with Gasteiger partial charge < -0.3 is 10.5 Å². The number of ether oxygens (including phenoxy) is 1. The second-order valence-electron chi connectivity index (χ2n) is 6.45. The molecule has 1 aromatic heterocycles. The average Bonchev–Trinajstić information content (AvgIpc) is 2.94. The van der Waals surface area contributed by atoms with Gasteiger partial charge in [-0.15, -0.1) is 0 Å². The summed E-state index contributed by atoms with van der Waals surface area (Å²) in [6, 6.07) is 0.414. The van der Waals surface area contributed by atoms with Crippen molar-refractivity contribution in [2.75, 3.05) is 6.61 Å². The van der Waals surface area contributed by atoms with E-state index in [0.29, 0.717) is 12.0 Å². The Bertz CT molecular complexity index is 383. The Hall–Kier alpha value is -1.03. The normalized spacial score (nSPS) is 22.4. The molecule has 120 valence electrons. The van der Waals surface area contributed by atoms with Crippen LogP contribution in [0.15, 0.2) is 12.4 Å². The van der Waals surface area contributed by atoms with E-state index in [1.54, 1.807) is 0 Å². The summed E-state index contributed by atoms with van der Waals surface area (Å²) in [5.74, 6) is 1.58. The molecule has 0 saturated heterocycles. The standard InChI is InChI=1S/C17H31N3O/c1-2-3-4-5-6-11-20-13-17(12-19-20)21-14-15-7-9-16(18)10-8-15/h12-13,15-16H,2-11,14,18H2,1H3. The van der Waals surface area contributed by atoms with Gasteiger partial charge in [-0.2, -0.15) is 5.10 Å². The molecule has 0 atom stereocenters. The first-order valence-electron chi connectivity index (χ1n) is 8.68. The van der Waals surface area contributed by atoms with Crippen LogP contribution >= 0.6 is 0 Å². The molecule has 0 bridgehead atoms. The number of aryl methyl sites for hydroxylation is 1. The van der Waals surface area contributed by atoms with Gasteiger partial charge >= 0.3 is 0 Å². The van der Waals surface area contributed by atoms with Crippen LogP contribution in [0.5, 0.6) is 5.75 Å². The van der Waals surface area contributed by atoms with E-state index in [2.05, 4.69) is 12.0 Å². The van der Waals surface area contributed by atoms with Crippen molar-refractivity contribution >= 4 is 0 Å². The molecule has 21 heavy (non-hydrogen) atoms. The predicted octanol–water partition coefficient (Wildman–Crippen LogP) is 3.75. The lowest BCUT2D eigenvalue weighted by Gasteiger charge is -2.25. The molecule has 0 amide bonds. The number of nitrogens with zero attached hydrogens (tertiary/aromatic N) is 2. The zero-order valence-corrected chi connectivity index (χ0v) is 13.5. The Kier molecular flexibility index (Phi) is 7.07. The molecule has 1 aliphatic carbocycles. The first kappa shape index (κ1) is 16.3. The molecule has 0 aliphatic heterocycles. The fourth-order valence-corrected chi connectivity index (χ4v) is 2.99. The first-order valence-corrected chi connectivity index (χ1v) is 8.68. The lowest BCUT2D eigenvalue weighted by molar-refractivity contribution is 0.200. The molecule has 1 aromatic rings. The number of hydrogen-bond acceptors (Lipinski definition) is 3. The Balaban J connectivity index is 1.61. The van der Waals surface area contributed by atoms with Crippen LogP contribution in [-0.4, -0.2) is 22.4 Å². The molecular formula is C17H31N3O. The van der Waals surface area contributed by atoms with Gasteiger partial charge in [0.15, 0.2) is 5.75 Å². The van der Waals surface area contributed by atoms with Crippen molar-refractivity contribution in [1.29, 1.82) is 0 Å². The van der Waals surface area contributed by atoms with Crippen LogP contribution < -0.4 is 10.5 Å². The van der Waals surface area contributed by atoms with Crippen molar-refractivity contribution in [2.45, 2.75) is 77.3 Å². The number of unbranched alkanes of at least 4 members (excludes halogenated alkanes) is 4. The molecule has 1 heterocycles. The van der Waals surface area contributed by atoms with Gasteiger partial charge in [-0.1, -0.05) is 32.6 Å². The molecule has 0 aromatic carbocycles. The molecular weight excluding hydrogens is 262 g/mol. The minimum absolute atomic E-state index is 0.414. The maximum Gasteiger partial charge on any atom is 0.157 e. The summed E-state index contributed by atoms with van der Waals surface area (Å²) in [6.45, 7) is 4.07. The highest BCUT2D eigenvalue weighted by Gasteiger charge is 2.19. The van der Waals surface area contributed by atoms with Crippen LogP contribution in [0.3, 0.4) is 0 Å². The lowest BCUT2D eigenvalue weighted by atomic mass is 9.87. The van der Waals surface area contributed by atoms with Crippen molar-refractivity contribution in [1.82, 2.24) is 9.78 Å². The SMILES string of the molecule is CCCCCCCn1cc(OCC2CCC(N)CC2)cn1. The second-order valence-corrected chi connectivity index (χ2v) is 6.45. The first-order chi connectivity index (χ1) is 10.3. The third kappa shape index (κ3) is 6.08. The van der Waals surface area contributed by atoms with E-state index in [0.717, 1.165) is 31.7 Å². The Morgan fingerprint density at radius 3 is 2.71 bits per heavy atom. The summed E-state index contributed by atoms with van der Waals surface area (Å²) in [6.07, 6.45) is 15.1. The molecule has 1 fully saturated rings. The highest BCUT2D eigenvalue weighted by atomic mass is 16.5. The molecule has 0 unspecified atom stereocenters. The minimum Gasteiger partial charge on any atom is -0.490 e. The summed E-state index contributed by atoms with van der Waals surface area (Å²) in [4.78, 5) is 0. The molecule has 0 radical (unpaired) electrons. The molecule has 1 saturated carbocycles. The molecule has 0 spiro atoms. The maximum atomic E-state index is 5.93. The number of aromatic nitrogens is 2. The van der Waals surface area contributed by atoms with Crippen molar-refractivity contribution in [3.05, 3.63) is 12.4 Å². The largest absolute Gasteiger partial charge is 0.490 e. The van der Waals surface area contributed by atoms with Gasteiger partial charge in [-0.05, 0) is 38.0 Å². The minimum atomic E-state index is 0.414. The fraction of sp³-hybridized carbons (Fsp3) is 0.824. The van der Waals surface area contributed by atoms with E-state index in [9.17, 15) is 0 Å². The number of rotatable bonds is 9. The van der Waals surface area contributed by atoms with Crippen LogP contribution in [0, 0.1) is 5.92 Å². The maximum absolute atomic E-state index is 5.93. The molecule has 2 N–H and O–H groups in total. The third-order valence-electron chi connectivity index (χ3n) is 4.48. The summed E-state index contributed by atoms with van der Waals surface area (Å²) in [5, 5.41) is 4.38. The van der Waals surface area contributed by atoms with E-state index in [1.165, 1.54) is 44.9 Å². The molecule has 4 nitrogen and oxygen atoms in total. The van der Waals surface area contributed by atoms with E-state index in [4.69, 9.17) is 10.5 Å². The van der Waals surface area contributed by atoms with Crippen LogP contribution in [0.4, 0.5) is 0 Å². The van der Waals surface area contributed by atoms with Crippen LogP contribution in [-0.2, 0) is 6.54 Å². The molecule has 2 rings (SSSR count). The van der Waals surface area contributed by atoms with Crippen LogP contribution in [0.2, 0.25) is 0 Å². The Morgan fingerprint density at radius 1 is 1.19 bits per heavy atom. The van der Waals surface area contributed by atoms with Crippen molar-refractivity contribution in [2.24, 2.45) is 11.7 Å². The zero-order valence-electron chi connectivity index (χ0n) is 13.5. The average molecular weight is 293 g/mol. The van der Waals surface area contributed by atoms with Crippen molar-refractivity contribution in [3.63, 3.8) is 0 Å². The van der Waals surface area contributed by atoms with Crippen LogP contribution in [0.1, 0.15) is 64.7 Å². The van der Waals surface area contributed by atoms with Gasteiger partial charge in [0.05, 0.1) is 19.0 Å². The second kappa shape index (κ2) is 9.08. The van der Waals surface area contributed by atoms with Gasteiger partial charge in [0, 0.05) is 12.6 Å². The topological polar surface area (TPSA) is 53.1 Å². The van der Waals surface area contributed by atoms with Gasteiger partial charge in [-0.3, -0.25) is 4.68 Å². The van der Waals surface area contributed by atoms with E-state index >= 15 is 0 Å². The quantitative estimate of drug-likeness (QED) is 0.705. The van der Waals surface area contributed by atoms with Gasteiger partial charge in [0.1, 0.15) is 0 Å². The Morgan fingerprint density at radius 2 is 1.95 bits per heavy atom. The van der Waals surface area contributed by atoms with Crippen molar-refractivity contribution in [3.8, 4) is 5.75 Å². The summed E-state index contributed by atoms with van der Waals surface area (Å²) in [5.41, 5.74) is 5.93. The smallest absolute Gasteiger partial charge is 0.157 e. The lowest BCUT2D eigenvalue weighted by Crippen LogP contribution is -2.28. The van der Waals surface area contributed by atoms with E-state index in [-0.39, 0.29) is 0 Å². The highest BCUT2D eigenvalue weighted by Crippen LogP contribution is 2.24. The van der Waals surface area contributed by atoms with Gasteiger partial charge in [0.2, 0.25) is 0 Å². The van der Waals surface area contributed by atoms with Gasteiger partial charge in [-0.25, -0.2) is 0 Å². The molecule has 4 heteroatoms.